The molecule has 0 unspecified atom stereocenters. The zero-order valence-electron chi connectivity index (χ0n) is 18.3. The molecule has 0 aromatic carbocycles. The van der Waals surface area contributed by atoms with E-state index in [0.717, 1.165) is 25.8 Å². The van der Waals surface area contributed by atoms with Gasteiger partial charge >= 0.3 is 11.9 Å². The van der Waals surface area contributed by atoms with Crippen molar-refractivity contribution in [2.45, 2.75) is 26.2 Å². The van der Waals surface area contributed by atoms with Crippen molar-refractivity contribution in [3.63, 3.8) is 0 Å². The summed E-state index contributed by atoms with van der Waals surface area (Å²) in [5.41, 5.74) is 0. The molecule has 0 heterocycles. The van der Waals surface area contributed by atoms with E-state index in [1.165, 1.54) is 12.2 Å². The van der Waals surface area contributed by atoms with Crippen LogP contribution in [0.4, 0.5) is 0 Å². The molecule has 0 atom stereocenters. The summed E-state index contributed by atoms with van der Waals surface area (Å²) in [6, 6.07) is 0. The maximum atomic E-state index is 11.6. The number of unbranched alkanes of at least 4 members (excludes halogenated alkanes) is 2. The summed E-state index contributed by atoms with van der Waals surface area (Å²) in [4.78, 5) is 24.5. The number of carbonyl (C=O) groups is 2. The Kier molecular flexibility index (Phi) is 20.4. The first-order valence-corrected chi connectivity index (χ1v) is 10.3. The molecule has 1 N–H and O–H groups in total. The number of rotatable bonds is 20. The van der Waals surface area contributed by atoms with Crippen molar-refractivity contribution in [1.29, 1.82) is 0 Å². The number of aliphatic hydroxyl groups excluding tert-OH is 1. The van der Waals surface area contributed by atoms with Crippen LogP contribution in [0.2, 0.25) is 0 Å². The van der Waals surface area contributed by atoms with Gasteiger partial charge in [-0.3, -0.25) is 0 Å². The van der Waals surface area contributed by atoms with Crippen LogP contribution in [0.3, 0.4) is 0 Å². The average molecular weight is 432 g/mol. The second kappa shape index (κ2) is 21.8. The van der Waals surface area contributed by atoms with Gasteiger partial charge < -0.3 is 33.7 Å². The highest BCUT2D eigenvalue weighted by molar-refractivity contribution is 5.82. The van der Waals surface area contributed by atoms with Gasteiger partial charge in [0.25, 0.3) is 0 Å². The summed E-state index contributed by atoms with van der Waals surface area (Å²) >= 11 is 0. The Hall–Kier alpha value is -1.94. The summed E-state index contributed by atoms with van der Waals surface area (Å²) in [5, 5.41) is 8.72. The average Bonchev–Trinajstić information content (AvgIpc) is 2.73. The molecular formula is C21H37NO8. The smallest absolute Gasteiger partial charge is 0.332 e. The van der Waals surface area contributed by atoms with Crippen molar-refractivity contribution >= 4 is 11.9 Å². The molecule has 0 aliphatic rings. The molecule has 0 aromatic rings. The van der Waals surface area contributed by atoms with Crippen molar-refractivity contribution in [3.8, 4) is 0 Å². The van der Waals surface area contributed by atoms with Gasteiger partial charge in [-0.25, -0.2) is 9.59 Å². The zero-order chi connectivity index (χ0) is 22.3. The lowest BCUT2D eigenvalue weighted by atomic mass is 10.2. The minimum absolute atomic E-state index is 0.179. The quantitative estimate of drug-likeness (QED) is 0.174. The highest BCUT2D eigenvalue weighted by atomic mass is 16.6. The molecule has 0 saturated heterocycles. The number of esters is 2. The van der Waals surface area contributed by atoms with Crippen molar-refractivity contribution in [2.24, 2.45) is 0 Å². The zero-order valence-corrected chi connectivity index (χ0v) is 18.3. The number of nitrogens with zero attached hydrogens (tertiary/aromatic N) is 1. The van der Waals surface area contributed by atoms with Crippen LogP contribution in [0.15, 0.2) is 24.4 Å². The van der Waals surface area contributed by atoms with Gasteiger partial charge in [-0.15, -0.1) is 0 Å². The van der Waals surface area contributed by atoms with E-state index in [2.05, 4.69) is 0 Å². The predicted octanol–water partition coefficient (Wildman–Crippen LogP) is 1.31. The molecule has 9 heteroatoms. The lowest BCUT2D eigenvalue weighted by Gasteiger charge is -2.13. The van der Waals surface area contributed by atoms with Crippen LogP contribution >= 0.6 is 0 Å². The maximum Gasteiger partial charge on any atom is 0.332 e. The van der Waals surface area contributed by atoms with Crippen molar-refractivity contribution in [2.75, 3.05) is 73.1 Å². The van der Waals surface area contributed by atoms with E-state index >= 15 is 0 Å². The van der Waals surface area contributed by atoms with E-state index in [-0.39, 0.29) is 25.8 Å². The Morgan fingerprint density at radius 1 is 0.767 bits per heavy atom. The van der Waals surface area contributed by atoms with Gasteiger partial charge in [-0.05, 0) is 26.2 Å². The van der Waals surface area contributed by atoms with Gasteiger partial charge in [0.1, 0.15) is 13.2 Å². The molecular weight excluding hydrogens is 394 g/mol. The molecule has 0 aliphatic carbocycles. The van der Waals surface area contributed by atoms with Crippen molar-refractivity contribution in [3.05, 3.63) is 24.4 Å². The van der Waals surface area contributed by atoms with E-state index in [1.807, 2.05) is 11.9 Å². The monoisotopic (exact) mass is 431 g/mol. The molecule has 9 nitrogen and oxygen atoms in total. The molecule has 0 bridgehead atoms. The third-order valence-corrected chi connectivity index (χ3v) is 3.62. The highest BCUT2D eigenvalue weighted by Crippen LogP contribution is 1.97. The Morgan fingerprint density at radius 3 is 1.77 bits per heavy atom. The van der Waals surface area contributed by atoms with E-state index in [0.29, 0.717) is 39.6 Å². The standard InChI is InChI=1S/C21H37NO8/c1-3-7-20(24)29-18-16-27-14-12-26-13-15-28-17-19-30-21(25)8-10-22(2)9-5-4-6-11-23/h3,7-8,10,23H,4-6,9,11-19H2,1-2H3/b7-3+,10-8+. The normalized spacial score (nSPS) is 11.3. The van der Waals surface area contributed by atoms with E-state index in [1.54, 1.807) is 19.2 Å². The van der Waals surface area contributed by atoms with Crippen LogP contribution < -0.4 is 0 Å². The third kappa shape index (κ3) is 20.8. The fraction of sp³-hybridized carbons (Fsp3) is 0.714. The SMILES string of the molecule is C/C=C/C(=O)OCCOCCOCCOCCOC(=O)/C=C/N(C)CCCCCO. The molecule has 0 rings (SSSR count). The van der Waals surface area contributed by atoms with Crippen LogP contribution in [0.1, 0.15) is 26.2 Å². The van der Waals surface area contributed by atoms with Gasteiger partial charge in [0.2, 0.25) is 0 Å². The molecule has 0 amide bonds. The summed E-state index contributed by atoms with van der Waals surface area (Å²) < 4.78 is 25.8. The Bertz CT molecular complexity index is 482. The van der Waals surface area contributed by atoms with Gasteiger partial charge in [-0.2, -0.15) is 0 Å². The van der Waals surface area contributed by atoms with E-state index < -0.39 is 5.97 Å². The maximum absolute atomic E-state index is 11.6. The summed E-state index contributed by atoms with van der Waals surface area (Å²) in [6.45, 7) is 5.41. The van der Waals surface area contributed by atoms with Crippen LogP contribution in [0.5, 0.6) is 0 Å². The first-order valence-electron chi connectivity index (χ1n) is 10.3. The van der Waals surface area contributed by atoms with Crippen molar-refractivity contribution in [1.82, 2.24) is 4.90 Å². The van der Waals surface area contributed by atoms with Gasteiger partial charge in [0.15, 0.2) is 0 Å². The Balaban J connectivity index is 3.37. The van der Waals surface area contributed by atoms with Crippen molar-refractivity contribution < 1.29 is 38.4 Å². The Labute approximate surface area is 179 Å². The van der Waals surface area contributed by atoms with E-state index in [9.17, 15) is 9.59 Å². The number of aliphatic hydroxyl groups is 1. The van der Waals surface area contributed by atoms with Gasteiger partial charge in [0.05, 0.1) is 39.6 Å². The molecule has 0 radical (unpaired) electrons. The summed E-state index contributed by atoms with van der Waals surface area (Å²) in [6.07, 6.45) is 8.76. The third-order valence-electron chi connectivity index (χ3n) is 3.62. The molecule has 0 aliphatic heterocycles. The second-order valence-corrected chi connectivity index (χ2v) is 6.25. The van der Waals surface area contributed by atoms with E-state index in [4.69, 9.17) is 28.8 Å². The van der Waals surface area contributed by atoms with Crippen LogP contribution in [-0.4, -0.2) is 95.0 Å². The number of hydrogen-bond donors (Lipinski definition) is 1. The molecule has 0 aromatic heterocycles. The van der Waals surface area contributed by atoms with Gasteiger partial charge in [0, 0.05) is 38.6 Å². The summed E-state index contributed by atoms with van der Waals surface area (Å²) in [5.74, 6) is -0.792. The first-order chi connectivity index (χ1) is 14.6. The largest absolute Gasteiger partial charge is 0.460 e. The van der Waals surface area contributed by atoms with Crippen LogP contribution in [-0.2, 0) is 33.3 Å². The molecule has 30 heavy (non-hydrogen) atoms. The number of carbonyl (C=O) groups excluding carboxylic acids is 2. The molecule has 0 saturated carbocycles. The fourth-order valence-corrected chi connectivity index (χ4v) is 2.09. The predicted molar refractivity (Wildman–Crippen MR) is 112 cm³/mol. The lowest BCUT2D eigenvalue weighted by Crippen LogP contribution is -2.15. The minimum atomic E-state index is -0.411. The molecule has 0 fully saturated rings. The summed E-state index contributed by atoms with van der Waals surface area (Å²) in [7, 11) is 1.89. The second-order valence-electron chi connectivity index (χ2n) is 6.25. The Morgan fingerprint density at radius 2 is 1.27 bits per heavy atom. The lowest BCUT2D eigenvalue weighted by molar-refractivity contribution is -0.140. The number of allylic oxidation sites excluding steroid dienone is 1. The molecule has 174 valence electrons. The van der Waals surface area contributed by atoms with Gasteiger partial charge in [-0.1, -0.05) is 6.08 Å². The van der Waals surface area contributed by atoms with Crippen LogP contribution in [0, 0.1) is 0 Å². The highest BCUT2D eigenvalue weighted by Gasteiger charge is 1.99. The number of ether oxygens (including phenoxy) is 5. The first kappa shape index (κ1) is 28.1. The minimum Gasteiger partial charge on any atom is -0.460 e. The van der Waals surface area contributed by atoms with Crippen LogP contribution in [0.25, 0.3) is 0 Å². The fourth-order valence-electron chi connectivity index (χ4n) is 2.09. The number of hydrogen-bond acceptors (Lipinski definition) is 9. The topological polar surface area (TPSA) is 104 Å². The molecule has 0 spiro atoms.